The Labute approximate surface area is 109 Å². The van der Waals surface area contributed by atoms with Crippen LogP contribution in [0, 0.1) is 23.2 Å². The molecule has 3 nitrogen and oxygen atoms in total. The van der Waals surface area contributed by atoms with Crippen molar-refractivity contribution in [3.63, 3.8) is 0 Å². The second kappa shape index (κ2) is 8.31. The van der Waals surface area contributed by atoms with Crippen LogP contribution in [-0.2, 0) is 6.54 Å². The van der Waals surface area contributed by atoms with Crippen molar-refractivity contribution in [3.8, 4) is 17.9 Å². The monoisotopic (exact) mass is 242 g/mol. The average molecular weight is 242 g/mol. The predicted molar refractivity (Wildman–Crippen MR) is 71.6 cm³/mol. The number of nitriles is 1. The number of hydrogen-bond donors (Lipinski definition) is 1. The van der Waals surface area contributed by atoms with Crippen LogP contribution in [0.4, 0.5) is 0 Å². The first kappa shape index (κ1) is 14.3. The maximum absolute atomic E-state index is 8.71. The number of benzene rings is 1. The molecule has 0 aromatic heterocycles. The Morgan fingerprint density at radius 1 is 1.28 bits per heavy atom. The minimum absolute atomic E-state index is 0.0945. The maximum atomic E-state index is 8.71. The van der Waals surface area contributed by atoms with Gasteiger partial charge in [0.05, 0.1) is 12.7 Å². The van der Waals surface area contributed by atoms with E-state index in [-0.39, 0.29) is 6.61 Å². The van der Waals surface area contributed by atoms with E-state index < -0.39 is 0 Å². The molecule has 0 aliphatic rings. The fourth-order valence-electron chi connectivity index (χ4n) is 1.60. The maximum Gasteiger partial charge on any atom is 0.0635 e. The Kier molecular flexibility index (Phi) is 6.58. The standard InChI is InChI=1S/C15H18N2O/c1-17(11-6-10-16)13-15-9-3-2-7-14(15)8-4-5-12-18/h2-3,7,9,18H,5-6,11-13H2,1H3. The molecule has 0 aliphatic heterocycles. The highest BCUT2D eigenvalue weighted by Crippen LogP contribution is 2.10. The van der Waals surface area contributed by atoms with Gasteiger partial charge in [-0.25, -0.2) is 0 Å². The number of aliphatic hydroxyl groups excluding tert-OH is 1. The lowest BCUT2D eigenvalue weighted by Crippen LogP contribution is -2.19. The molecule has 0 saturated heterocycles. The van der Waals surface area contributed by atoms with E-state index in [1.54, 1.807) is 0 Å². The third-order valence-electron chi connectivity index (χ3n) is 2.52. The number of rotatable bonds is 5. The van der Waals surface area contributed by atoms with Crippen molar-refractivity contribution in [1.29, 1.82) is 5.26 Å². The van der Waals surface area contributed by atoms with Crippen LogP contribution in [-0.4, -0.2) is 30.2 Å². The summed E-state index contributed by atoms with van der Waals surface area (Å²) in [5, 5.41) is 17.3. The van der Waals surface area contributed by atoms with E-state index in [0.29, 0.717) is 12.8 Å². The lowest BCUT2D eigenvalue weighted by atomic mass is 10.1. The Morgan fingerprint density at radius 3 is 2.78 bits per heavy atom. The molecule has 0 bridgehead atoms. The van der Waals surface area contributed by atoms with Crippen LogP contribution in [0.25, 0.3) is 0 Å². The van der Waals surface area contributed by atoms with E-state index in [4.69, 9.17) is 10.4 Å². The minimum Gasteiger partial charge on any atom is -0.395 e. The molecule has 1 aromatic carbocycles. The van der Waals surface area contributed by atoms with Crippen molar-refractivity contribution < 1.29 is 5.11 Å². The van der Waals surface area contributed by atoms with Gasteiger partial charge in [0.25, 0.3) is 0 Å². The highest BCUT2D eigenvalue weighted by atomic mass is 16.2. The van der Waals surface area contributed by atoms with Crippen LogP contribution in [0.2, 0.25) is 0 Å². The molecule has 94 valence electrons. The molecule has 0 spiro atoms. The van der Waals surface area contributed by atoms with Gasteiger partial charge in [0.1, 0.15) is 0 Å². The SMILES string of the molecule is CN(CCC#N)Cc1ccccc1C#CCCO. The van der Waals surface area contributed by atoms with Gasteiger partial charge in [-0.3, -0.25) is 0 Å². The van der Waals surface area contributed by atoms with Gasteiger partial charge in [0, 0.05) is 31.5 Å². The van der Waals surface area contributed by atoms with Gasteiger partial charge in [-0.1, -0.05) is 30.0 Å². The van der Waals surface area contributed by atoms with E-state index in [1.807, 2.05) is 31.3 Å². The summed E-state index contributed by atoms with van der Waals surface area (Å²) in [7, 11) is 2.00. The fourth-order valence-corrected chi connectivity index (χ4v) is 1.60. The van der Waals surface area contributed by atoms with Gasteiger partial charge in [0.2, 0.25) is 0 Å². The molecule has 0 saturated carbocycles. The lowest BCUT2D eigenvalue weighted by molar-refractivity contribution is 0.305. The van der Waals surface area contributed by atoms with Crippen molar-refractivity contribution in [2.45, 2.75) is 19.4 Å². The summed E-state index contributed by atoms with van der Waals surface area (Å²) in [5.41, 5.74) is 2.15. The number of hydrogen-bond acceptors (Lipinski definition) is 3. The Balaban J connectivity index is 2.71. The van der Waals surface area contributed by atoms with Gasteiger partial charge in [-0.2, -0.15) is 5.26 Å². The van der Waals surface area contributed by atoms with Crippen molar-refractivity contribution in [2.75, 3.05) is 20.2 Å². The summed E-state index contributed by atoms with van der Waals surface area (Å²) in [6.45, 7) is 1.64. The average Bonchev–Trinajstić information content (AvgIpc) is 2.38. The number of aliphatic hydroxyl groups is 1. The smallest absolute Gasteiger partial charge is 0.0635 e. The second-order valence-corrected chi connectivity index (χ2v) is 4.08. The van der Waals surface area contributed by atoms with Gasteiger partial charge in [-0.05, 0) is 18.7 Å². The first-order chi connectivity index (χ1) is 8.77. The molecule has 0 fully saturated rings. The quantitative estimate of drug-likeness (QED) is 0.800. The molecule has 0 atom stereocenters. The molecular weight excluding hydrogens is 224 g/mol. The van der Waals surface area contributed by atoms with E-state index >= 15 is 0 Å². The summed E-state index contributed by atoms with van der Waals surface area (Å²) in [6.07, 6.45) is 1.04. The van der Waals surface area contributed by atoms with Crippen LogP contribution in [0.5, 0.6) is 0 Å². The Morgan fingerprint density at radius 2 is 2.06 bits per heavy atom. The highest BCUT2D eigenvalue weighted by Gasteiger charge is 2.03. The van der Waals surface area contributed by atoms with Crippen molar-refractivity contribution in [2.24, 2.45) is 0 Å². The summed E-state index contributed by atoms with van der Waals surface area (Å²) in [5.74, 6) is 6.01. The molecule has 1 rings (SSSR count). The van der Waals surface area contributed by atoms with Crippen molar-refractivity contribution >= 4 is 0 Å². The van der Waals surface area contributed by atoms with Crippen LogP contribution in [0.15, 0.2) is 24.3 Å². The van der Waals surface area contributed by atoms with Gasteiger partial charge >= 0.3 is 0 Å². The summed E-state index contributed by atoms with van der Waals surface area (Å²) in [4.78, 5) is 2.11. The highest BCUT2D eigenvalue weighted by molar-refractivity contribution is 5.41. The summed E-state index contributed by atoms with van der Waals surface area (Å²) in [6, 6.07) is 10.1. The van der Waals surface area contributed by atoms with E-state index in [2.05, 4.69) is 22.8 Å². The van der Waals surface area contributed by atoms with Crippen LogP contribution in [0.1, 0.15) is 24.0 Å². The predicted octanol–water partition coefficient (Wildman–Crippen LogP) is 1.77. The van der Waals surface area contributed by atoms with Crippen LogP contribution < -0.4 is 0 Å². The zero-order valence-corrected chi connectivity index (χ0v) is 10.7. The molecule has 0 heterocycles. The Hall–Kier alpha value is -1.81. The zero-order valence-electron chi connectivity index (χ0n) is 10.7. The molecule has 1 aromatic rings. The molecule has 0 radical (unpaired) electrons. The second-order valence-electron chi connectivity index (χ2n) is 4.08. The Bertz CT molecular complexity index is 465. The molecule has 18 heavy (non-hydrogen) atoms. The first-order valence-electron chi connectivity index (χ1n) is 6.01. The topological polar surface area (TPSA) is 47.3 Å². The molecule has 0 amide bonds. The largest absolute Gasteiger partial charge is 0.395 e. The lowest BCUT2D eigenvalue weighted by Gasteiger charge is -2.15. The third-order valence-corrected chi connectivity index (χ3v) is 2.52. The molecule has 1 N–H and O–H groups in total. The minimum atomic E-state index is 0.0945. The van der Waals surface area contributed by atoms with E-state index in [9.17, 15) is 0 Å². The van der Waals surface area contributed by atoms with Gasteiger partial charge in [-0.15, -0.1) is 0 Å². The molecular formula is C15H18N2O. The third kappa shape index (κ3) is 5.01. The number of nitrogens with zero attached hydrogens (tertiary/aromatic N) is 2. The molecule has 0 aliphatic carbocycles. The van der Waals surface area contributed by atoms with Crippen molar-refractivity contribution in [3.05, 3.63) is 35.4 Å². The fraction of sp³-hybridized carbons (Fsp3) is 0.400. The first-order valence-corrected chi connectivity index (χ1v) is 6.01. The van der Waals surface area contributed by atoms with Gasteiger partial charge < -0.3 is 10.0 Å². The van der Waals surface area contributed by atoms with E-state index in [0.717, 1.165) is 24.2 Å². The van der Waals surface area contributed by atoms with Crippen molar-refractivity contribution in [1.82, 2.24) is 4.90 Å². The van der Waals surface area contributed by atoms with E-state index in [1.165, 1.54) is 0 Å². The molecule has 3 heteroatoms. The van der Waals surface area contributed by atoms with Gasteiger partial charge in [0.15, 0.2) is 0 Å². The molecule has 0 unspecified atom stereocenters. The summed E-state index contributed by atoms with van der Waals surface area (Å²) < 4.78 is 0. The normalized spacial score (nSPS) is 9.67. The zero-order chi connectivity index (χ0) is 13.2. The van der Waals surface area contributed by atoms with Crippen LogP contribution >= 0.6 is 0 Å². The van der Waals surface area contributed by atoms with Crippen LogP contribution in [0.3, 0.4) is 0 Å². The summed E-state index contributed by atoms with van der Waals surface area (Å²) >= 11 is 0.